The zero-order valence-corrected chi connectivity index (χ0v) is 22.2. The van der Waals surface area contributed by atoms with Crippen LogP contribution in [0.4, 0.5) is 0 Å². The standard InChI is InChI=1S/C30H38O6/c1-19(2)11-13-33-25-9-7-21(15-27(25)31-5)29-23-17-36-30(24(23)18-35-29)22-8-10-26(28(16-22)32-6)34-14-12-20(3)4/h7-12,15-16,23-24,29-30H,13-14,17-18H2,1-6H3. The first-order valence-corrected chi connectivity index (χ1v) is 12.5. The molecule has 0 aromatic heterocycles. The van der Waals surface area contributed by atoms with Crippen molar-refractivity contribution in [2.45, 2.75) is 39.9 Å². The van der Waals surface area contributed by atoms with Crippen molar-refractivity contribution in [2.75, 3.05) is 40.6 Å². The van der Waals surface area contributed by atoms with Crippen molar-refractivity contribution in [1.82, 2.24) is 0 Å². The molecule has 6 heteroatoms. The van der Waals surface area contributed by atoms with E-state index in [1.54, 1.807) is 14.2 Å². The highest BCUT2D eigenvalue weighted by Crippen LogP contribution is 2.51. The van der Waals surface area contributed by atoms with Gasteiger partial charge in [-0.1, -0.05) is 23.3 Å². The van der Waals surface area contributed by atoms with Gasteiger partial charge >= 0.3 is 0 Å². The summed E-state index contributed by atoms with van der Waals surface area (Å²) in [6, 6.07) is 12.1. The molecule has 2 aliphatic rings. The Labute approximate surface area is 214 Å². The molecule has 4 unspecified atom stereocenters. The molecule has 0 aliphatic carbocycles. The number of allylic oxidation sites excluding steroid dienone is 2. The molecule has 0 spiro atoms. The van der Waals surface area contributed by atoms with Gasteiger partial charge in [-0.15, -0.1) is 0 Å². The lowest BCUT2D eigenvalue weighted by Crippen LogP contribution is -2.14. The molecule has 0 saturated carbocycles. The Morgan fingerprint density at radius 1 is 0.694 bits per heavy atom. The Hall–Kier alpha value is -2.96. The second-order valence-electron chi connectivity index (χ2n) is 9.84. The van der Waals surface area contributed by atoms with Gasteiger partial charge < -0.3 is 28.4 Å². The summed E-state index contributed by atoms with van der Waals surface area (Å²) in [6.45, 7) is 10.5. The lowest BCUT2D eigenvalue weighted by molar-refractivity contribution is 0.0191. The fourth-order valence-corrected chi connectivity index (χ4v) is 4.79. The summed E-state index contributed by atoms with van der Waals surface area (Å²) in [5.41, 5.74) is 4.60. The van der Waals surface area contributed by atoms with Gasteiger partial charge in [0.1, 0.15) is 13.2 Å². The van der Waals surface area contributed by atoms with Gasteiger partial charge in [-0.2, -0.15) is 0 Å². The molecule has 194 valence electrons. The van der Waals surface area contributed by atoms with Gasteiger partial charge in [0.25, 0.3) is 0 Å². The van der Waals surface area contributed by atoms with Gasteiger partial charge in [-0.05, 0) is 75.2 Å². The first kappa shape index (κ1) is 26.1. The monoisotopic (exact) mass is 494 g/mol. The van der Waals surface area contributed by atoms with Crippen LogP contribution in [0.1, 0.15) is 51.0 Å². The zero-order valence-electron chi connectivity index (χ0n) is 22.2. The van der Waals surface area contributed by atoms with Crippen molar-refractivity contribution in [3.63, 3.8) is 0 Å². The first-order chi connectivity index (χ1) is 17.4. The number of ether oxygens (including phenoxy) is 6. The number of hydrogen-bond donors (Lipinski definition) is 0. The molecule has 2 heterocycles. The predicted molar refractivity (Wildman–Crippen MR) is 140 cm³/mol. The average molecular weight is 495 g/mol. The third-order valence-electron chi connectivity index (χ3n) is 6.76. The molecule has 2 aromatic rings. The number of methoxy groups -OCH3 is 2. The zero-order chi connectivity index (χ0) is 25.7. The highest BCUT2D eigenvalue weighted by molar-refractivity contribution is 5.45. The van der Waals surface area contributed by atoms with Crippen molar-refractivity contribution < 1.29 is 28.4 Å². The molecule has 36 heavy (non-hydrogen) atoms. The molecule has 2 aliphatic heterocycles. The lowest BCUT2D eigenvalue weighted by atomic mass is 9.85. The van der Waals surface area contributed by atoms with Crippen LogP contribution < -0.4 is 18.9 Å². The van der Waals surface area contributed by atoms with Crippen LogP contribution in [0.3, 0.4) is 0 Å². The maximum Gasteiger partial charge on any atom is 0.161 e. The topological polar surface area (TPSA) is 55.4 Å². The van der Waals surface area contributed by atoms with Crippen LogP contribution in [0.5, 0.6) is 23.0 Å². The van der Waals surface area contributed by atoms with Crippen molar-refractivity contribution in [3.8, 4) is 23.0 Å². The first-order valence-electron chi connectivity index (χ1n) is 12.5. The van der Waals surface area contributed by atoms with Gasteiger partial charge in [0, 0.05) is 11.8 Å². The smallest absolute Gasteiger partial charge is 0.161 e. The quantitative estimate of drug-likeness (QED) is 0.353. The minimum atomic E-state index is -0.0469. The van der Waals surface area contributed by atoms with Crippen molar-refractivity contribution in [1.29, 1.82) is 0 Å². The molecule has 0 bridgehead atoms. The van der Waals surface area contributed by atoms with Gasteiger partial charge in [0.05, 0.1) is 39.6 Å². The molecule has 4 atom stereocenters. The largest absolute Gasteiger partial charge is 0.493 e. The van der Waals surface area contributed by atoms with Gasteiger partial charge in [-0.3, -0.25) is 0 Å². The molecule has 0 N–H and O–H groups in total. The van der Waals surface area contributed by atoms with Crippen LogP contribution in [0.15, 0.2) is 59.7 Å². The van der Waals surface area contributed by atoms with Crippen molar-refractivity contribution in [2.24, 2.45) is 11.8 Å². The maximum atomic E-state index is 6.32. The summed E-state index contributed by atoms with van der Waals surface area (Å²) in [5, 5.41) is 0. The molecule has 2 saturated heterocycles. The Balaban J connectivity index is 1.47. The van der Waals surface area contributed by atoms with Crippen LogP contribution in [-0.2, 0) is 9.47 Å². The predicted octanol–water partition coefficient (Wildman–Crippen LogP) is 6.47. The van der Waals surface area contributed by atoms with E-state index in [-0.39, 0.29) is 24.0 Å². The molecule has 6 nitrogen and oxygen atoms in total. The van der Waals surface area contributed by atoms with Crippen molar-refractivity contribution >= 4 is 0 Å². The second kappa shape index (κ2) is 11.8. The van der Waals surface area contributed by atoms with E-state index in [0.717, 1.165) is 22.6 Å². The third kappa shape index (κ3) is 5.88. The molecular formula is C30H38O6. The van der Waals surface area contributed by atoms with Crippen LogP contribution in [0.25, 0.3) is 0 Å². The Morgan fingerprint density at radius 2 is 1.11 bits per heavy atom. The summed E-state index contributed by atoms with van der Waals surface area (Å²) in [5.74, 6) is 3.41. The van der Waals surface area contributed by atoms with E-state index in [9.17, 15) is 0 Å². The van der Waals surface area contributed by atoms with Crippen LogP contribution in [0.2, 0.25) is 0 Å². The molecule has 2 aromatic carbocycles. The van der Waals surface area contributed by atoms with Gasteiger partial charge in [0.15, 0.2) is 23.0 Å². The third-order valence-corrected chi connectivity index (χ3v) is 6.76. The highest BCUT2D eigenvalue weighted by Gasteiger charge is 2.48. The fraction of sp³-hybridized carbons (Fsp3) is 0.467. The van der Waals surface area contributed by atoms with E-state index in [1.165, 1.54) is 11.1 Å². The van der Waals surface area contributed by atoms with Gasteiger partial charge in [0.2, 0.25) is 0 Å². The fourth-order valence-electron chi connectivity index (χ4n) is 4.79. The number of fused-ring (bicyclic) bond motifs is 1. The lowest BCUT2D eigenvalue weighted by Gasteiger charge is -2.19. The Kier molecular flexibility index (Phi) is 8.60. The summed E-state index contributed by atoms with van der Waals surface area (Å²) in [4.78, 5) is 0. The van der Waals surface area contributed by atoms with Crippen LogP contribution >= 0.6 is 0 Å². The number of hydrogen-bond acceptors (Lipinski definition) is 6. The van der Waals surface area contributed by atoms with E-state index in [2.05, 4.69) is 39.8 Å². The number of rotatable bonds is 10. The molecule has 4 rings (SSSR count). The minimum absolute atomic E-state index is 0.0469. The maximum absolute atomic E-state index is 6.32. The van der Waals surface area contributed by atoms with Gasteiger partial charge in [-0.25, -0.2) is 0 Å². The van der Waals surface area contributed by atoms with Crippen LogP contribution in [-0.4, -0.2) is 40.6 Å². The van der Waals surface area contributed by atoms with E-state index in [1.807, 2.05) is 36.4 Å². The second-order valence-corrected chi connectivity index (χ2v) is 9.84. The summed E-state index contributed by atoms with van der Waals surface area (Å²) in [6.07, 6.45) is 4.00. The Morgan fingerprint density at radius 3 is 1.47 bits per heavy atom. The van der Waals surface area contributed by atoms with E-state index in [4.69, 9.17) is 28.4 Å². The summed E-state index contributed by atoms with van der Waals surface area (Å²) < 4.78 is 35.7. The highest BCUT2D eigenvalue weighted by atomic mass is 16.5. The van der Waals surface area contributed by atoms with Crippen LogP contribution in [0, 0.1) is 11.8 Å². The average Bonchev–Trinajstić information content (AvgIpc) is 3.46. The minimum Gasteiger partial charge on any atom is -0.493 e. The van der Waals surface area contributed by atoms with E-state index >= 15 is 0 Å². The molecular weight excluding hydrogens is 456 g/mol. The molecule has 0 radical (unpaired) electrons. The molecule has 2 fully saturated rings. The summed E-state index contributed by atoms with van der Waals surface area (Å²) >= 11 is 0. The number of benzene rings is 2. The van der Waals surface area contributed by atoms with E-state index in [0.29, 0.717) is 37.9 Å². The molecule has 0 amide bonds. The van der Waals surface area contributed by atoms with E-state index < -0.39 is 0 Å². The SMILES string of the molecule is COc1cc(C2OCC3C(c4ccc(OCC=C(C)C)c(OC)c4)OCC23)ccc1OCC=C(C)C. The Bertz CT molecular complexity index is 1010. The normalized spacial score (nSPS) is 22.5. The van der Waals surface area contributed by atoms with Crippen molar-refractivity contribution in [3.05, 3.63) is 70.8 Å². The summed E-state index contributed by atoms with van der Waals surface area (Å²) in [7, 11) is 3.33.